The van der Waals surface area contributed by atoms with Crippen molar-refractivity contribution in [3.05, 3.63) is 18.0 Å². The van der Waals surface area contributed by atoms with Crippen LogP contribution < -0.4 is 10.2 Å². The third-order valence-corrected chi connectivity index (χ3v) is 3.27. The Hall–Kier alpha value is -1.24. The van der Waals surface area contributed by atoms with Crippen LogP contribution >= 0.6 is 0 Å². The Morgan fingerprint density at radius 3 is 2.85 bits per heavy atom. The van der Waals surface area contributed by atoms with E-state index in [1.165, 1.54) is 0 Å². The van der Waals surface area contributed by atoms with Gasteiger partial charge in [0, 0.05) is 31.0 Å². The molecule has 1 aliphatic heterocycles. The minimum absolute atomic E-state index is 0.0475. The van der Waals surface area contributed by atoms with Crippen molar-refractivity contribution in [1.29, 1.82) is 0 Å². The second-order valence-corrected chi connectivity index (χ2v) is 5.52. The van der Waals surface area contributed by atoms with Gasteiger partial charge in [0.2, 0.25) is 5.95 Å². The number of aliphatic hydroxyl groups excluding tert-OH is 1. The molecule has 2 heterocycles. The summed E-state index contributed by atoms with van der Waals surface area (Å²) in [5.41, 5.74) is 1.07. The van der Waals surface area contributed by atoms with Crippen molar-refractivity contribution in [2.75, 3.05) is 37.8 Å². The number of ether oxygens (including phenoxy) is 1. The average molecular weight is 280 g/mol. The van der Waals surface area contributed by atoms with Crippen molar-refractivity contribution in [1.82, 2.24) is 15.3 Å². The highest BCUT2D eigenvalue weighted by Gasteiger charge is 2.24. The normalized spacial score (nSPS) is 19.6. The predicted molar refractivity (Wildman–Crippen MR) is 77.6 cm³/mol. The molecule has 0 spiro atoms. The van der Waals surface area contributed by atoms with Crippen LogP contribution in [-0.4, -0.2) is 54.0 Å². The van der Waals surface area contributed by atoms with E-state index >= 15 is 0 Å². The zero-order valence-corrected chi connectivity index (χ0v) is 12.2. The molecule has 2 N–H and O–H groups in total. The standard InChI is InChI=1S/C14H24N4O2/c1-11(2)5-15-6-12-7-16-14(17-8-12)18-3-4-20-10-13(18)9-19/h7-8,11,13,15,19H,3-6,9-10H2,1-2H3. The Balaban J connectivity index is 1.93. The fraction of sp³-hybridized carbons (Fsp3) is 0.714. The largest absolute Gasteiger partial charge is 0.394 e. The SMILES string of the molecule is CC(C)CNCc1cnc(N2CCOCC2CO)nc1. The quantitative estimate of drug-likeness (QED) is 0.787. The summed E-state index contributed by atoms with van der Waals surface area (Å²) in [6.45, 7) is 8.08. The van der Waals surface area contributed by atoms with Crippen LogP contribution in [0.25, 0.3) is 0 Å². The van der Waals surface area contributed by atoms with Gasteiger partial charge in [-0.3, -0.25) is 0 Å². The number of nitrogens with zero attached hydrogens (tertiary/aromatic N) is 3. The maximum Gasteiger partial charge on any atom is 0.225 e. The molecule has 6 heteroatoms. The lowest BCUT2D eigenvalue weighted by molar-refractivity contribution is 0.0718. The van der Waals surface area contributed by atoms with Crippen LogP contribution in [0.2, 0.25) is 0 Å². The molecule has 0 amide bonds. The van der Waals surface area contributed by atoms with E-state index in [2.05, 4.69) is 29.1 Å². The van der Waals surface area contributed by atoms with Crippen molar-refractivity contribution < 1.29 is 9.84 Å². The lowest BCUT2D eigenvalue weighted by atomic mass is 10.2. The first-order valence-corrected chi connectivity index (χ1v) is 7.17. The van der Waals surface area contributed by atoms with Crippen LogP contribution in [-0.2, 0) is 11.3 Å². The Bertz CT molecular complexity index is 397. The summed E-state index contributed by atoms with van der Waals surface area (Å²) < 4.78 is 5.36. The zero-order valence-electron chi connectivity index (χ0n) is 12.2. The van der Waals surface area contributed by atoms with Gasteiger partial charge in [-0.1, -0.05) is 13.8 Å². The van der Waals surface area contributed by atoms with Gasteiger partial charge in [-0.25, -0.2) is 9.97 Å². The first-order valence-electron chi connectivity index (χ1n) is 7.17. The first kappa shape index (κ1) is 15.2. The summed E-state index contributed by atoms with van der Waals surface area (Å²) in [5.74, 6) is 1.30. The number of anilines is 1. The highest BCUT2D eigenvalue weighted by Crippen LogP contribution is 2.14. The van der Waals surface area contributed by atoms with E-state index in [1.54, 1.807) is 0 Å². The number of aliphatic hydroxyl groups is 1. The third-order valence-electron chi connectivity index (χ3n) is 3.27. The summed E-state index contributed by atoms with van der Waals surface area (Å²) >= 11 is 0. The second-order valence-electron chi connectivity index (χ2n) is 5.52. The van der Waals surface area contributed by atoms with Crippen molar-refractivity contribution in [3.63, 3.8) is 0 Å². The summed E-state index contributed by atoms with van der Waals surface area (Å²) in [6.07, 6.45) is 3.69. The molecular weight excluding hydrogens is 256 g/mol. The number of rotatable bonds is 6. The van der Waals surface area contributed by atoms with E-state index in [-0.39, 0.29) is 12.6 Å². The predicted octanol–water partition coefficient (Wildman–Crippen LogP) is 0.420. The molecule has 1 saturated heterocycles. The Labute approximate surface area is 120 Å². The molecule has 2 rings (SSSR count). The van der Waals surface area contributed by atoms with E-state index in [0.29, 0.717) is 25.1 Å². The second kappa shape index (κ2) is 7.52. The number of nitrogens with one attached hydrogen (secondary N) is 1. The van der Waals surface area contributed by atoms with Gasteiger partial charge in [0.25, 0.3) is 0 Å². The van der Waals surface area contributed by atoms with Crippen LogP contribution in [0.3, 0.4) is 0 Å². The minimum atomic E-state index is -0.0475. The molecule has 0 saturated carbocycles. The molecule has 1 aliphatic rings. The summed E-state index contributed by atoms with van der Waals surface area (Å²) in [7, 11) is 0. The summed E-state index contributed by atoms with van der Waals surface area (Å²) in [4.78, 5) is 10.8. The summed E-state index contributed by atoms with van der Waals surface area (Å²) in [5, 5.41) is 12.7. The molecule has 1 fully saturated rings. The average Bonchev–Trinajstić information content (AvgIpc) is 2.47. The van der Waals surface area contributed by atoms with Crippen LogP contribution in [0.5, 0.6) is 0 Å². The summed E-state index contributed by atoms with van der Waals surface area (Å²) in [6, 6.07) is -0.0475. The molecule has 1 aromatic heterocycles. The van der Waals surface area contributed by atoms with Gasteiger partial charge in [0.05, 0.1) is 25.9 Å². The minimum Gasteiger partial charge on any atom is -0.394 e. The third kappa shape index (κ3) is 4.13. The maximum absolute atomic E-state index is 9.36. The fourth-order valence-electron chi connectivity index (χ4n) is 2.16. The maximum atomic E-state index is 9.36. The lowest BCUT2D eigenvalue weighted by Crippen LogP contribution is -2.48. The van der Waals surface area contributed by atoms with E-state index in [4.69, 9.17) is 4.74 Å². The van der Waals surface area contributed by atoms with E-state index in [9.17, 15) is 5.11 Å². The molecule has 1 aromatic rings. The van der Waals surface area contributed by atoms with Gasteiger partial charge >= 0.3 is 0 Å². The van der Waals surface area contributed by atoms with Crippen molar-refractivity contribution in [2.24, 2.45) is 5.92 Å². The highest BCUT2D eigenvalue weighted by molar-refractivity contribution is 5.32. The van der Waals surface area contributed by atoms with Gasteiger partial charge in [-0.2, -0.15) is 0 Å². The van der Waals surface area contributed by atoms with Crippen molar-refractivity contribution in [2.45, 2.75) is 26.4 Å². The number of morpholine rings is 1. The molecular formula is C14H24N4O2. The molecule has 20 heavy (non-hydrogen) atoms. The molecule has 1 atom stereocenters. The van der Waals surface area contributed by atoms with Gasteiger partial charge in [-0.05, 0) is 12.5 Å². The lowest BCUT2D eigenvalue weighted by Gasteiger charge is -2.34. The van der Waals surface area contributed by atoms with E-state index < -0.39 is 0 Å². The molecule has 112 valence electrons. The molecule has 0 radical (unpaired) electrons. The van der Waals surface area contributed by atoms with Crippen LogP contribution in [0.1, 0.15) is 19.4 Å². The Morgan fingerprint density at radius 1 is 1.45 bits per heavy atom. The van der Waals surface area contributed by atoms with Crippen LogP contribution in [0, 0.1) is 5.92 Å². The van der Waals surface area contributed by atoms with Crippen molar-refractivity contribution >= 4 is 5.95 Å². The van der Waals surface area contributed by atoms with E-state index in [1.807, 2.05) is 17.3 Å². The number of aromatic nitrogens is 2. The topological polar surface area (TPSA) is 70.5 Å². The Morgan fingerprint density at radius 2 is 2.20 bits per heavy atom. The molecule has 6 nitrogen and oxygen atoms in total. The van der Waals surface area contributed by atoms with Crippen molar-refractivity contribution in [3.8, 4) is 0 Å². The monoisotopic (exact) mass is 280 g/mol. The first-order chi connectivity index (χ1) is 9.70. The smallest absolute Gasteiger partial charge is 0.225 e. The molecule has 0 bridgehead atoms. The number of hydrogen-bond donors (Lipinski definition) is 2. The molecule has 0 aliphatic carbocycles. The molecule has 1 unspecified atom stereocenters. The van der Waals surface area contributed by atoms with E-state index in [0.717, 1.165) is 25.2 Å². The van der Waals surface area contributed by atoms with Gasteiger partial charge in [-0.15, -0.1) is 0 Å². The molecule has 0 aromatic carbocycles. The van der Waals surface area contributed by atoms with Gasteiger partial charge < -0.3 is 20.1 Å². The van der Waals surface area contributed by atoms with Gasteiger partial charge in [0.15, 0.2) is 0 Å². The zero-order chi connectivity index (χ0) is 14.4. The van der Waals surface area contributed by atoms with Crippen LogP contribution in [0.4, 0.5) is 5.95 Å². The Kier molecular flexibility index (Phi) is 5.70. The highest BCUT2D eigenvalue weighted by atomic mass is 16.5. The van der Waals surface area contributed by atoms with Crippen LogP contribution in [0.15, 0.2) is 12.4 Å². The van der Waals surface area contributed by atoms with Gasteiger partial charge in [0.1, 0.15) is 0 Å². The number of hydrogen-bond acceptors (Lipinski definition) is 6. The fourth-order valence-corrected chi connectivity index (χ4v) is 2.16.